The fraction of sp³-hybridized carbons (Fsp3) is 1.00. The third kappa shape index (κ3) is 3.42. The Morgan fingerprint density at radius 2 is 2.19 bits per heavy atom. The van der Waals surface area contributed by atoms with Crippen molar-refractivity contribution >= 4 is 0 Å². The Hall–Kier alpha value is -0.160. The molecule has 0 aliphatic carbocycles. The molecule has 0 aromatic carbocycles. The van der Waals surface area contributed by atoms with E-state index < -0.39 is 0 Å². The zero-order chi connectivity index (χ0) is 11.2. The highest BCUT2D eigenvalue weighted by molar-refractivity contribution is 4.82. The topological polar surface area (TPSA) is 41.9 Å². The molecule has 0 spiro atoms. The second-order valence-electron chi connectivity index (χ2n) is 4.81. The van der Waals surface area contributed by atoms with Gasteiger partial charge in [-0.15, -0.1) is 0 Å². The second kappa shape index (κ2) is 6.55. The van der Waals surface area contributed by atoms with Gasteiger partial charge in [0.05, 0.1) is 19.8 Å². The van der Waals surface area contributed by atoms with E-state index in [1.807, 2.05) is 0 Å². The summed E-state index contributed by atoms with van der Waals surface area (Å²) >= 11 is 0. The molecule has 0 radical (unpaired) electrons. The van der Waals surface area contributed by atoms with E-state index in [0.717, 1.165) is 38.2 Å². The van der Waals surface area contributed by atoms with Gasteiger partial charge in [0.2, 0.25) is 0 Å². The van der Waals surface area contributed by atoms with Crippen molar-refractivity contribution in [1.82, 2.24) is 4.90 Å². The van der Waals surface area contributed by atoms with Crippen molar-refractivity contribution < 1.29 is 14.6 Å². The Kier molecular flexibility index (Phi) is 5.03. The van der Waals surface area contributed by atoms with Crippen LogP contribution in [-0.2, 0) is 9.47 Å². The number of hydrogen-bond donors (Lipinski definition) is 1. The van der Waals surface area contributed by atoms with Crippen molar-refractivity contribution in [2.24, 2.45) is 11.8 Å². The van der Waals surface area contributed by atoms with Crippen LogP contribution >= 0.6 is 0 Å². The fourth-order valence-electron chi connectivity index (χ4n) is 2.74. The summed E-state index contributed by atoms with van der Waals surface area (Å²) in [6.07, 6.45) is 2.56. The van der Waals surface area contributed by atoms with Gasteiger partial charge in [0.15, 0.2) is 0 Å². The lowest BCUT2D eigenvalue weighted by Crippen LogP contribution is -2.27. The molecule has 1 N–H and O–H groups in total. The summed E-state index contributed by atoms with van der Waals surface area (Å²) in [6, 6.07) is 0. The summed E-state index contributed by atoms with van der Waals surface area (Å²) in [5.74, 6) is 1.63. The highest BCUT2D eigenvalue weighted by Crippen LogP contribution is 2.29. The van der Waals surface area contributed by atoms with Crippen molar-refractivity contribution in [3.8, 4) is 0 Å². The first-order valence-corrected chi connectivity index (χ1v) is 6.39. The van der Waals surface area contributed by atoms with Gasteiger partial charge in [0.25, 0.3) is 0 Å². The maximum atomic E-state index is 8.59. The minimum Gasteiger partial charge on any atom is -0.394 e. The molecule has 2 heterocycles. The number of aliphatic hydroxyl groups excluding tert-OH is 1. The molecule has 2 aliphatic rings. The van der Waals surface area contributed by atoms with E-state index in [1.165, 1.54) is 25.9 Å². The Morgan fingerprint density at radius 1 is 1.25 bits per heavy atom. The van der Waals surface area contributed by atoms with Gasteiger partial charge >= 0.3 is 0 Å². The first-order chi connectivity index (χ1) is 7.90. The monoisotopic (exact) mass is 229 g/mol. The molecule has 0 saturated carbocycles. The Morgan fingerprint density at radius 3 is 2.94 bits per heavy atom. The first kappa shape index (κ1) is 12.3. The third-order valence-corrected chi connectivity index (χ3v) is 3.73. The van der Waals surface area contributed by atoms with Crippen LogP contribution < -0.4 is 0 Å². The van der Waals surface area contributed by atoms with E-state index in [-0.39, 0.29) is 6.61 Å². The van der Waals surface area contributed by atoms with Crippen molar-refractivity contribution in [3.05, 3.63) is 0 Å². The molecule has 4 heteroatoms. The molecule has 2 rings (SSSR count). The number of ether oxygens (including phenoxy) is 2. The van der Waals surface area contributed by atoms with E-state index in [9.17, 15) is 0 Å². The quantitative estimate of drug-likeness (QED) is 0.668. The summed E-state index contributed by atoms with van der Waals surface area (Å²) in [4.78, 5) is 2.47. The van der Waals surface area contributed by atoms with Crippen LogP contribution in [0, 0.1) is 11.8 Å². The predicted molar refractivity (Wildman–Crippen MR) is 61.4 cm³/mol. The normalized spacial score (nSPS) is 31.3. The average molecular weight is 229 g/mol. The summed E-state index contributed by atoms with van der Waals surface area (Å²) in [7, 11) is 0. The molecule has 94 valence electrons. The SMILES string of the molecule is OCCOCCN1CC[C@@H]([C@H]2CCOC2)C1. The fourth-order valence-corrected chi connectivity index (χ4v) is 2.74. The second-order valence-corrected chi connectivity index (χ2v) is 4.81. The summed E-state index contributed by atoms with van der Waals surface area (Å²) < 4.78 is 10.7. The van der Waals surface area contributed by atoms with Crippen LogP contribution in [0.3, 0.4) is 0 Å². The average Bonchev–Trinajstić information content (AvgIpc) is 2.94. The van der Waals surface area contributed by atoms with Crippen molar-refractivity contribution in [1.29, 1.82) is 0 Å². The van der Waals surface area contributed by atoms with Gasteiger partial charge in [-0.2, -0.15) is 0 Å². The van der Waals surface area contributed by atoms with E-state index >= 15 is 0 Å². The lowest BCUT2D eigenvalue weighted by molar-refractivity contribution is 0.0767. The molecular formula is C12H23NO3. The minimum absolute atomic E-state index is 0.127. The Balaban J connectivity index is 1.59. The van der Waals surface area contributed by atoms with Gasteiger partial charge in [-0.25, -0.2) is 0 Å². The van der Waals surface area contributed by atoms with Gasteiger partial charge in [0, 0.05) is 26.3 Å². The summed E-state index contributed by atoms with van der Waals surface area (Å²) in [5, 5.41) is 8.59. The minimum atomic E-state index is 0.127. The molecule has 4 nitrogen and oxygen atoms in total. The lowest BCUT2D eigenvalue weighted by Gasteiger charge is -2.18. The zero-order valence-electron chi connectivity index (χ0n) is 9.94. The van der Waals surface area contributed by atoms with Gasteiger partial charge in [0.1, 0.15) is 0 Å². The molecular weight excluding hydrogens is 206 g/mol. The predicted octanol–water partition coefficient (Wildman–Crippen LogP) is 0.354. The van der Waals surface area contributed by atoms with Crippen molar-refractivity contribution in [2.45, 2.75) is 12.8 Å². The highest BCUT2D eigenvalue weighted by atomic mass is 16.5. The van der Waals surface area contributed by atoms with Crippen molar-refractivity contribution in [3.63, 3.8) is 0 Å². The van der Waals surface area contributed by atoms with Crippen LogP contribution in [0.1, 0.15) is 12.8 Å². The number of aliphatic hydroxyl groups is 1. The largest absolute Gasteiger partial charge is 0.394 e. The van der Waals surface area contributed by atoms with Crippen LogP contribution in [0.25, 0.3) is 0 Å². The maximum Gasteiger partial charge on any atom is 0.0698 e. The lowest BCUT2D eigenvalue weighted by atomic mass is 9.91. The molecule has 2 saturated heterocycles. The van der Waals surface area contributed by atoms with Gasteiger partial charge in [-0.05, 0) is 31.2 Å². The molecule has 0 aromatic rings. The molecule has 16 heavy (non-hydrogen) atoms. The first-order valence-electron chi connectivity index (χ1n) is 6.39. The molecule has 2 atom stereocenters. The Bertz CT molecular complexity index is 195. The smallest absolute Gasteiger partial charge is 0.0698 e. The molecule has 0 amide bonds. The number of rotatable bonds is 6. The van der Waals surface area contributed by atoms with Crippen molar-refractivity contribution in [2.75, 3.05) is 52.7 Å². The number of likely N-dealkylation sites (tertiary alicyclic amines) is 1. The zero-order valence-corrected chi connectivity index (χ0v) is 9.94. The van der Waals surface area contributed by atoms with Gasteiger partial charge in [-0.1, -0.05) is 0 Å². The summed E-state index contributed by atoms with van der Waals surface area (Å²) in [5.41, 5.74) is 0. The summed E-state index contributed by atoms with van der Waals surface area (Å²) in [6.45, 7) is 6.68. The van der Waals surface area contributed by atoms with Crippen LogP contribution in [0.15, 0.2) is 0 Å². The van der Waals surface area contributed by atoms with E-state index in [4.69, 9.17) is 14.6 Å². The van der Waals surface area contributed by atoms with Crippen LogP contribution in [0.2, 0.25) is 0 Å². The molecule has 0 unspecified atom stereocenters. The molecule has 2 aliphatic heterocycles. The maximum absolute atomic E-state index is 8.59. The van der Waals surface area contributed by atoms with E-state index in [1.54, 1.807) is 0 Å². The third-order valence-electron chi connectivity index (χ3n) is 3.73. The molecule has 0 bridgehead atoms. The molecule has 0 aromatic heterocycles. The van der Waals surface area contributed by atoms with E-state index in [0.29, 0.717) is 6.61 Å². The number of hydrogen-bond acceptors (Lipinski definition) is 4. The van der Waals surface area contributed by atoms with E-state index in [2.05, 4.69) is 4.90 Å². The van der Waals surface area contributed by atoms with Gasteiger partial charge < -0.3 is 19.5 Å². The highest BCUT2D eigenvalue weighted by Gasteiger charge is 2.31. The standard InChI is InChI=1S/C12H23NO3/c14-5-8-15-7-4-13-3-1-11(9-13)12-2-6-16-10-12/h11-12,14H,1-10H2/t11-,12+/m1/s1. The molecule has 2 fully saturated rings. The van der Waals surface area contributed by atoms with Crippen LogP contribution in [0.5, 0.6) is 0 Å². The van der Waals surface area contributed by atoms with Gasteiger partial charge in [-0.3, -0.25) is 0 Å². The number of nitrogens with zero attached hydrogens (tertiary/aromatic N) is 1. The van der Waals surface area contributed by atoms with Crippen LogP contribution in [0.4, 0.5) is 0 Å². The Labute approximate surface area is 97.5 Å². The van der Waals surface area contributed by atoms with Crippen LogP contribution in [-0.4, -0.2) is 62.7 Å².